The molecule has 23 heavy (non-hydrogen) atoms. The summed E-state index contributed by atoms with van der Waals surface area (Å²) in [5.74, 6) is -0.283. The largest absolute Gasteiger partial charge is 0.507 e. The Morgan fingerprint density at radius 3 is 2.57 bits per heavy atom. The highest BCUT2D eigenvalue weighted by atomic mass is 35.5. The van der Waals surface area contributed by atoms with Crippen molar-refractivity contribution in [1.82, 2.24) is 10.2 Å². The van der Waals surface area contributed by atoms with E-state index in [2.05, 4.69) is 5.32 Å². The molecule has 2 N–H and O–H groups in total. The van der Waals surface area contributed by atoms with E-state index >= 15 is 0 Å². The Balaban J connectivity index is 2.15. The number of rotatable bonds is 5. The Morgan fingerprint density at radius 2 is 1.91 bits per heavy atom. The third-order valence-electron chi connectivity index (χ3n) is 3.83. The molecule has 0 heterocycles. The van der Waals surface area contributed by atoms with Crippen LogP contribution in [0.5, 0.6) is 5.75 Å². The fourth-order valence-electron chi connectivity index (χ4n) is 2.44. The van der Waals surface area contributed by atoms with Gasteiger partial charge in [-0.15, -0.1) is 0 Å². The summed E-state index contributed by atoms with van der Waals surface area (Å²) in [7, 11) is 3.87. The second kappa shape index (κ2) is 7.49. The molecule has 2 aromatic rings. The number of halogens is 1. The van der Waals surface area contributed by atoms with E-state index in [4.69, 9.17) is 11.6 Å². The van der Waals surface area contributed by atoms with E-state index in [1.54, 1.807) is 25.1 Å². The number of nitrogens with zero attached hydrogens (tertiary/aromatic N) is 1. The Morgan fingerprint density at radius 1 is 1.22 bits per heavy atom. The van der Waals surface area contributed by atoms with Crippen molar-refractivity contribution >= 4 is 17.5 Å². The monoisotopic (exact) mass is 332 g/mol. The van der Waals surface area contributed by atoms with Gasteiger partial charge in [-0.2, -0.15) is 0 Å². The van der Waals surface area contributed by atoms with Gasteiger partial charge in [0.25, 0.3) is 5.91 Å². The van der Waals surface area contributed by atoms with Crippen molar-refractivity contribution in [3.63, 3.8) is 0 Å². The van der Waals surface area contributed by atoms with Crippen molar-refractivity contribution < 1.29 is 9.90 Å². The Hall–Kier alpha value is -2.04. The van der Waals surface area contributed by atoms with Crippen LogP contribution in [0.3, 0.4) is 0 Å². The van der Waals surface area contributed by atoms with Crippen LogP contribution in [0.4, 0.5) is 0 Å². The fourth-order valence-corrected chi connectivity index (χ4v) is 2.70. The second-order valence-corrected chi connectivity index (χ2v) is 6.09. The quantitative estimate of drug-likeness (QED) is 0.882. The van der Waals surface area contributed by atoms with Gasteiger partial charge in [0.15, 0.2) is 0 Å². The molecule has 122 valence electrons. The molecule has 0 aliphatic heterocycles. The first-order chi connectivity index (χ1) is 10.9. The molecule has 0 bridgehead atoms. The van der Waals surface area contributed by atoms with E-state index in [1.165, 1.54) is 0 Å². The summed E-state index contributed by atoms with van der Waals surface area (Å²) in [4.78, 5) is 14.3. The van der Waals surface area contributed by atoms with Gasteiger partial charge in [0, 0.05) is 11.6 Å². The lowest BCUT2D eigenvalue weighted by atomic mass is 10.1. The van der Waals surface area contributed by atoms with Crippen LogP contribution >= 0.6 is 11.6 Å². The van der Waals surface area contributed by atoms with Crippen molar-refractivity contribution in [3.05, 3.63) is 64.2 Å². The van der Waals surface area contributed by atoms with Gasteiger partial charge >= 0.3 is 0 Å². The van der Waals surface area contributed by atoms with Crippen LogP contribution < -0.4 is 5.32 Å². The minimum Gasteiger partial charge on any atom is -0.507 e. The van der Waals surface area contributed by atoms with Crippen LogP contribution in [0.15, 0.2) is 42.5 Å². The predicted octanol–water partition coefficient (Wildman–Crippen LogP) is 3.39. The first kappa shape index (κ1) is 17.3. The molecule has 0 spiro atoms. The highest BCUT2D eigenvalue weighted by molar-refractivity contribution is 6.31. The molecule has 1 unspecified atom stereocenters. The average Bonchev–Trinajstić information content (AvgIpc) is 2.51. The van der Waals surface area contributed by atoms with E-state index in [-0.39, 0.29) is 23.3 Å². The molecular formula is C18H21ClN2O2. The van der Waals surface area contributed by atoms with Crippen molar-refractivity contribution in [2.24, 2.45) is 0 Å². The number of aryl methyl sites for hydroxylation is 1. The molecule has 2 rings (SSSR count). The highest BCUT2D eigenvalue weighted by Gasteiger charge is 2.19. The lowest BCUT2D eigenvalue weighted by molar-refractivity contribution is 0.0939. The third kappa shape index (κ3) is 4.03. The van der Waals surface area contributed by atoms with Gasteiger partial charge in [-0.05, 0) is 44.3 Å². The van der Waals surface area contributed by atoms with E-state index in [0.717, 1.165) is 5.56 Å². The number of hydrogen-bond donors (Lipinski definition) is 2. The molecule has 2 aromatic carbocycles. The van der Waals surface area contributed by atoms with Crippen LogP contribution in [0.2, 0.25) is 5.02 Å². The zero-order valence-electron chi connectivity index (χ0n) is 13.5. The van der Waals surface area contributed by atoms with Gasteiger partial charge in [0.2, 0.25) is 0 Å². The zero-order valence-corrected chi connectivity index (χ0v) is 14.3. The summed E-state index contributed by atoms with van der Waals surface area (Å²) in [6.07, 6.45) is 0. The number of amides is 1. The number of hydrogen-bond acceptors (Lipinski definition) is 3. The molecule has 1 atom stereocenters. The molecule has 0 aliphatic carbocycles. The second-order valence-electron chi connectivity index (χ2n) is 5.68. The highest BCUT2D eigenvalue weighted by Crippen LogP contribution is 2.26. The van der Waals surface area contributed by atoms with Crippen molar-refractivity contribution in [3.8, 4) is 5.75 Å². The summed E-state index contributed by atoms with van der Waals surface area (Å²) in [5, 5.41) is 13.6. The maximum Gasteiger partial charge on any atom is 0.255 e. The number of benzene rings is 2. The molecule has 0 aromatic heterocycles. The molecule has 0 aliphatic rings. The van der Waals surface area contributed by atoms with E-state index in [1.807, 2.05) is 43.3 Å². The minimum atomic E-state index is -0.301. The molecular weight excluding hydrogens is 312 g/mol. The molecule has 0 saturated carbocycles. The van der Waals surface area contributed by atoms with Crippen LogP contribution in [0.1, 0.15) is 27.5 Å². The summed E-state index contributed by atoms with van der Waals surface area (Å²) >= 11 is 6.26. The van der Waals surface area contributed by atoms with Gasteiger partial charge in [0.05, 0.1) is 11.6 Å². The van der Waals surface area contributed by atoms with Gasteiger partial charge in [-0.3, -0.25) is 4.79 Å². The molecule has 0 radical (unpaired) electrons. The van der Waals surface area contributed by atoms with E-state index in [0.29, 0.717) is 17.1 Å². The smallest absolute Gasteiger partial charge is 0.255 e. The van der Waals surface area contributed by atoms with Crippen LogP contribution in [-0.2, 0) is 0 Å². The zero-order chi connectivity index (χ0) is 17.0. The number of phenols is 1. The molecule has 0 fully saturated rings. The standard InChI is InChI=1S/C18H21ClN2O2/c1-12-7-6-9-14(17(12)22)18(23)20-11-16(21(2)3)13-8-4-5-10-15(13)19/h4-10,16,22H,11H2,1-3H3,(H,20,23). The SMILES string of the molecule is Cc1cccc(C(=O)NCC(c2ccccc2Cl)N(C)C)c1O. The Kier molecular flexibility index (Phi) is 5.64. The normalized spacial score (nSPS) is 12.2. The van der Waals surface area contributed by atoms with Gasteiger partial charge in [-0.25, -0.2) is 0 Å². The number of aromatic hydroxyl groups is 1. The topological polar surface area (TPSA) is 52.6 Å². The predicted molar refractivity (Wildman–Crippen MR) is 93.1 cm³/mol. The summed E-state index contributed by atoms with van der Waals surface area (Å²) in [6.45, 7) is 2.15. The number of carbonyl (C=O) groups excluding carboxylic acids is 1. The van der Waals surface area contributed by atoms with Gasteiger partial charge in [-0.1, -0.05) is 41.9 Å². The van der Waals surface area contributed by atoms with E-state index in [9.17, 15) is 9.90 Å². The number of nitrogens with one attached hydrogen (secondary N) is 1. The van der Waals surface area contributed by atoms with Gasteiger partial charge in [0.1, 0.15) is 5.75 Å². The Bertz CT molecular complexity index is 701. The lowest BCUT2D eigenvalue weighted by Gasteiger charge is -2.26. The van der Waals surface area contributed by atoms with Crippen LogP contribution in [0, 0.1) is 6.92 Å². The lowest BCUT2D eigenvalue weighted by Crippen LogP contribution is -2.34. The van der Waals surface area contributed by atoms with Crippen LogP contribution in [0.25, 0.3) is 0 Å². The maximum atomic E-state index is 12.3. The van der Waals surface area contributed by atoms with E-state index < -0.39 is 0 Å². The first-order valence-electron chi connectivity index (χ1n) is 7.39. The summed E-state index contributed by atoms with van der Waals surface area (Å²) < 4.78 is 0. The third-order valence-corrected chi connectivity index (χ3v) is 4.17. The maximum absolute atomic E-state index is 12.3. The molecule has 1 amide bonds. The Labute approximate surface area is 141 Å². The number of likely N-dealkylation sites (N-methyl/N-ethyl adjacent to an activating group) is 1. The number of phenolic OH excluding ortho intramolecular Hbond substituents is 1. The van der Waals surface area contributed by atoms with Crippen LogP contribution in [-0.4, -0.2) is 36.6 Å². The summed E-state index contributed by atoms with van der Waals surface area (Å²) in [6, 6.07) is 12.6. The number of carbonyl (C=O) groups is 1. The van der Waals surface area contributed by atoms with Crippen molar-refractivity contribution in [1.29, 1.82) is 0 Å². The van der Waals surface area contributed by atoms with Crippen molar-refractivity contribution in [2.45, 2.75) is 13.0 Å². The molecule has 5 heteroatoms. The van der Waals surface area contributed by atoms with Crippen molar-refractivity contribution in [2.75, 3.05) is 20.6 Å². The minimum absolute atomic E-state index is 0.0177. The first-order valence-corrected chi connectivity index (χ1v) is 7.77. The fraction of sp³-hybridized carbons (Fsp3) is 0.278. The summed E-state index contributed by atoms with van der Waals surface area (Å²) in [5.41, 5.74) is 1.91. The number of para-hydroxylation sites is 1. The van der Waals surface area contributed by atoms with Gasteiger partial charge < -0.3 is 15.3 Å². The average molecular weight is 333 g/mol. The molecule has 4 nitrogen and oxygen atoms in total. The molecule has 0 saturated heterocycles.